The van der Waals surface area contributed by atoms with Crippen molar-refractivity contribution < 1.29 is 9.05 Å². The van der Waals surface area contributed by atoms with E-state index in [9.17, 15) is 0 Å². The van der Waals surface area contributed by atoms with Crippen molar-refractivity contribution in [2.45, 2.75) is 6.92 Å². The Kier molecular flexibility index (Phi) is 4.17. The molecule has 4 heteroatoms. The van der Waals surface area contributed by atoms with Crippen LogP contribution < -0.4 is 9.19 Å². The molecule has 0 aromatic heterocycles. The van der Waals surface area contributed by atoms with Crippen molar-refractivity contribution >= 4 is 25.7 Å². The zero-order valence-electron chi connectivity index (χ0n) is 13.9. The Morgan fingerprint density at radius 3 is 2.48 bits per heavy atom. The van der Waals surface area contributed by atoms with Gasteiger partial charge in [0.1, 0.15) is 11.5 Å². The smallest absolute Gasteiger partial charge is 0.422 e. The summed E-state index contributed by atoms with van der Waals surface area (Å²) in [5, 5.41) is 0. The van der Waals surface area contributed by atoms with E-state index in [2.05, 4.69) is 29.4 Å². The molecule has 0 N–H and O–H groups in total. The number of anilines is 2. The van der Waals surface area contributed by atoms with Gasteiger partial charge in [-0.15, -0.1) is 0 Å². The van der Waals surface area contributed by atoms with Gasteiger partial charge >= 0.3 is 8.53 Å². The number of aryl methyl sites for hydroxylation is 1. The summed E-state index contributed by atoms with van der Waals surface area (Å²) in [6.45, 7) is 6.13. The zero-order valence-corrected chi connectivity index (χ0v) is 14.8. The van der Waals surface area contributed by atoms with E-state index in [1.807, 2.05) is 67.6 Å². The summed E-state index contributed by atoms with van der Waals surface area (Å²) in [5.74, 6) is 1.43. The maximum atomic E-state index is 6.24. The van der Waals surface area contributed by atoms with Crippen LogP contribution in [0.5, 0.6) is 5.75 Å². The number of hydrogen-bond donors (Lipinski definition) is 0. The Labute approximate surface area is 149 Å². The zero-order chi connectivity index (χ0) is 17.2. The van der Waals surface area contributed by atoms with E-state index in [0.717, 1.165) is 28.3 Å². The highest BCUT2D eigenvalue weighted by Crippen LogP contribution is 2.58. The third-order valence-electron chi connectivity index (χ3n) is 3.96. The van der Waals surface area contributed by atoms with Gasteiger partial charge in [-0.1, -0.05) is 49.0 Å². The minimum absolute atomic E-state index is 0.640. The highest BCUT2D eigenvalue weighted by molar-refractivity contribution is 7.50. The van der Waals surface area contributed by atoms with Crippen LogP contribution in [0.25, 0.3) is 5.76 Å². The Morgan fingerprint density at radius 2 is 1.68 bits per heavy atom. The van der Waals surface area contributed by atoms with E-state index >= 15 is 0 Å². The monoisotopic (exact) mass is 347 g/mol. The van der Waals surface area contributed by atoms with Gasteiger partial charge in [-0.05, 0) is 48.9 Å². The van der Waals surface area contributed by atoms with E-state index in [-0.39, 0.29) is 0 Å². The summed E-state index contributed by atoms with van der Waals surface area (Å²) in [6, 6.07) is 26.3. The molecule has 124 valence electrons. The summed E-state index contributed by atoms with van der Waals surface area (Å²) in [5.41, 5.74) is 4.21. The highest BCUT2D eigenvalue weighted by atomic mass is 31.2. The predicted molar refractivity (Wildman–Crippen MR) is 104 cm³/mol. The molecule has 25 heavy (non-hydrogen) atoms. The third-order valence-corrected chi connectivity index (χ3v) is 5.47. The lowest BCUT2D eigenvalue weighted by molar-refractivity contribution is 0.461. The fourth-order valence-corrected chi connectivity index (χ4v) is 4.24. The molecule has 1 unspecified atom stereocenters. The number of hydrogen-bond acceptors (Lipinski definition) is 3. The van der Waals surface area contributed by atoms with Crippen molar-refractivity contribution in [3.8, 4) is 5.75 Å². The molecule has 1 aliphatic heterocycles. The molecule has 1 heterocycles. The first-order chi connectivity index (χ1) is 12.2. The number of benzene rings is 3. The molecule has 1 aliphatic rings. The second-order valence-corrected chi connectivity index (χ2v) is 7.07. The molecule has 0 saturated heterocycles. The van der Waals surface area contributed by atoms with Gasteiger partial charge in [0.15, 0.2) is 0 Å². The normalized spacial score (nSPS) is 16.1. The minimum atomic E-state index is -1.39. The van der Waals surface area contributed by atoms with E-state index in [1.165, 1.54) is 0 Å². The average Bonchev–Trinajstić information content (AvgIpc) is 2.63. The highest BCUT2D eigenvalue weighted by Gasteiger charge is 2.34. The molecule has 0 saturated carbocycles. The molecule has 0 radical (unpaired) electrons. The second-order valence-electron chi connectivity index (χ2n) is 5.82. The van der Waals surface area contributed by atoms with E-state index < -0.39 is 8.53 Å². The van der Waals surface area contributed by atoms with Gasteiger partial charge in [0.05, 0.1) is 11.4 Å². The van der Waals surface area contributed by atoms with E-state index in [1.54, 1.807) is 0 Å². The van der Waals surface area contributed by atoms with Gasteiger partial charge in [-0.25, -0.2) is 0 Å². The van der Waals surface area contributed by atoms with Crippen LogP contribution in [-0.2, 0) is 4.52 Å². The molecule has 4 rings (SSSR count). The summed E-state index contributed by atoms with van der Waals surface area (Å²) >= 11 is 0. The maximum absolute atomic E-state index is 6.24. The van der Waals surface area contributed by atoms with Crippen LogP contribution in [0.3, 0.4) is 0 Å². The van der Waals surface area contributed by atoms with Crippen LogP contribution in [0.15, 0.2) is 85.4 Å². The molecule has 3 aromatic rings. The molecule has 0 bridgehead atoms. The first-order valence-electron chi connectivity index (χ1n) is 8.08. The van der Waals surface area contributed by atoms with Crippen LogP contribution in [0.2, 0.25) is 0 Å². The van der Waals surface area contributed by atoms with Gasteiger partial charge in [-0.3, -0.25) is 4.67 Å². The van der Waals surface area contributed by atoms with Crippen molar-refractivity contribution in [1.29, 1.82) is 0 Å². The number of nitrogens with zero attached hydrogens (tertiary/aromatic N) is 1. The first-order valence-corrected chi connectivity index (χ1v) is 9.21. The number of rotatable bonds is 3. The molecule has 0 fully saturated rings. The van der Waals surface area contributed by atoms with Crippen molar-refractivity contribution in [3.63, 3.8) is 0 Å². The minimum Gasteiger partial charge on any atom is -0.423 e. The molecule has 3 nitrogen and oxygen atoms in total. The van der Waals surface area contributed by atoms with Crippen molar-refractivity contribution in [2.24, 2.45) is 0 Å². The second kappa shape index (κ2) is 6.62. The van der Waals surface area contributed by atoms with Gasteiger partial charge in [0.2, 0.25) is 0 Å². The lowest BCUT2D eigenvalue weighted by Crippen LogP contribution is -2.20. The molecular formula is C21H18NO2P. The summed E-state index contributed by atoms with van der Waals surface area (Å²) in [6.07, 6.45) is 0. The standard InChI is InChI=1S/C21H18NO2P/c1-16-9-8-12-19(15-16)24-25-22(18-10-4-3-5-11-18)21-14-7-6-13-20(21)17(2)23-25/h3-15H,2H2,1H3. The van der Waals surface area contributed by atoms with Crippen LogP contribution in [0, 0.1) is 6.92 Å². The van der Waals surface area contributed by atoms with Crippen molar-refractivity contribution in [2.75, 3.05) is 4.67 Å². The summed E-state index contributed by atoms with van der Waals surface area (Å²) in [4.78, 5) is 0. The first kappa shape index (κ1) is 15.7. The Bertz CT molecular complexity index is 911. The fraction of sp³-hybridized carbons (Fsp3) is 0.0476. The van der Waals surface area contributed by atoms with Gasteiger partial charge in [0, 0.05) is 5.56 Å². The molecule has 0 spiro atoms. The Hall–Kier alpha value is -2.77. The summed E-state index contributed by atoms with van der Waals surface area (Å²) < 4.78 is 14.4. The molecule has 3 aromatic carbocycles. The van der Waals surface area contributed by atoms with Crippen LogP contribution in [-0.4, -0.2) is 0 Å². The lowest BCUT2D eigenvalue weighted by Gasteiger charge is -2.36. The van der Waals surface area contributed by atoms with E-state index in [4.69, 9.17) is 9.05 Å². The molecule has 0 aliphatic carbocycles. The van der Waals surface area contributed by atoms with Crippen molar-refractivity contribution in [1.82, 2.24) is 0 Å². The summed E-state index contributed by atoms with van der Waals surface area (Å²) in [7, 11) is -1.39. The quantitative estimate of drug-likeness (QED) is 0.509. The SMILES string of the molecule is C=C1OP(Oc2cccc(C)c2)N(c2ccccc2)c2ccccc21. The van der Waals surface area contributed by atoms with Gasteiger partial charge < -0.3 is 9.05 Å². The van der Waals surface area contributed by atoms with Gasteiger partial charge in [0.25, 0.3) is 0 Å². The third kappa shape index (κ3) is 3.11. The van der Waals surface area contributed by atoms with Crippen molar-refractivity contribution in [3.05, 3.63) is 96.6 Å². The lowest BCUT2D eigenvalue weighted by atomic mass is 10.1. The Morgan fingerprint density at radius 1 is 0.920 bits per heavy atom. The largest absolute Gasteiger partial charge is 0.423 e. The average molecular weight is 347 g/mol. The fourth-order valence-electron chi connectivity index (χ4n) is 2.79. The van der Waals surface area contributed by atoms with Crippen LogP contribution >= 0.6 is 8.53 Å². The molecule has 1 atom stereocenters. The number of para-hydroxylation sites is 2. The van der Waals surface area contributed by atoms with Crippen LogP contribution in [0.4, 0.5) is 11.4 Å². The van der Waals surface area contributed by atoms with Crippen LogP contribution in [0.1, 0.15) is 11.1 Å². The maximum Gasteiger partial charge on any atom is 0.422 e. The predicted octanol–water partition coefficient (Wildman–Crippen LogP) is 6.44. The molecular weight excluding hydrogens is 329 g/mol. The van der Waals surface area contributed by atoms with Gasteiger partial charge in [-0.2, -0.15) is 0 Å². The topological polar surface area (TPSA) is 21.7 Å². The van der Waals surface area contributed by atoms with E-state index in [0.29, 0.717) is 5.76 Å². The Balaban J connectivity index is 1.78. The molecule has 0 amide bonds. The number of fused-ring (bicyclic) bond motifs is 1.